The molecule has 3 rings (SSSR count). The predicted octanol–water partition coefficient (Wildman–Crippen LogP) is 4.99. The fraction of sp³-hybridized carbons (Fsp3) is 0.409. The lowest BCUT2D eigenvalue weighted by atomic mass is 9.96. The zero-order chi connectivity index (χ0) is 19.2. The van der Waals surface area contributed by atoms with Crippen molar-refractivity contribution in [2.24, 2.45) is 5.92 Å². The molecule has 0 aromatic heterocycles. The highest BCUT2D eigenvalue weighted by molar-refractivity contribution is 6.31. The first-order valence-corrected chi connectivity index (χ1v) is 9.97. The maximum Gasteiger partial charge on any atom is 0.319 e. The number of halogens is 1. The lowest BCUT2D eigenvalue weighted by Gasteiger charge is -2.32. The van der Waals surface area contributed by atoms with Gasteiger partial charge in [-0.3, -0.25) is 4.90 Å². The number of nitrogens with one attached hydrogen (secondary N) is 2. The first-order valence-electron chi connectivity index (χ1n) is 9.60. The molecule has 1 saturated heterocycles. The smallest absolute Gasteiger partial charge is 0.319 e. The quantitative estimate of drug-likeness (QED) is 0.761. The van der Waals surface area contributed by atoms with E-state index in [1.54, 1.807) is 0 Å². The molecule has 2 N–H and O–H groups in total. The molecule has 0 atom stereocenters. The van der Waals surface area contributed by atoms with Crippen molar-refractivity contribution < 1.29 is 4.79 Å². The van der Waals surface area contributed by atoms with Crippen molar-refractivity contribution in [1.82, 2.24) is 10.2 Å². The number of amides is 2. The van der Waals surface area contributed by atoms with Crippen molar-refractivity contribution in [3.05, 3.63) is 64.2 Å². The van der Waals surface area contributed by atoms with Gasteiger partial charge in [-0.25, -0.2) is 4.79 Å². The molecular formula is C22H28ClN3O. The number of carbonyl (C=O) groups excluding carboxylic acids is 1. The van der Waals surface area contributed by atoms with Gasteiger partial charge in [0.25, 0.3) is 0 Å². The van der Waals surface area contributed by atoms with Crippen LogP contribution in [0.3, 0.4) is 0 Å². The summed E-state index contributed by atoms with van der Waals surface area (Å²) < 4.78 is 0. The molecule has 144 valence electrons. The van der Waals surface area contributed by atoms with Crippen LogP contribution in [0, 0.1) is 19.8 Å². The number of para-hydroxylation sites is 1. The fourth-order valence-electron chi connectivity index (χ4n) is 3.62. The SMILES string of the molecule is Cc1cccc(C)c1NC(=O)NCC1CCN(Cc2ccccc2Cl)CC1. The summed E-state index contributed by atoms with van der Waals surface area (Å²) in [6.07, 6.45) is 2.18. The standard InChI is InChI=1S/C22H28ClN3O/c1-16-6-5-7-17(2)21(16)25-22(27)24-14-18-10-12-26(13-11-18)15-19-8-3-4-9-20(19)23/h3-9,18H,10-15H2,1-2H3,(H2,24,25,27). The first-order chi connectivity index (χ1) is 13.0. The molecule has 0 saturated carbocycles. The summed E-state index contributed by atoms with van der Waals surface area (Å²) in [5.74, 6) is 0.524. The molecule has 1 aliphatic heterocycles. The molecule has 0 aliphatic carbocycles. The van der Waals surface area contributed by atoms with Gasteiger partial charge in [-0.05, 0) is 68.5 Å². The van der Waals surface area contributed by atoms with Crippen LogP contribution in [0.25, 0.3) is 0 Å². The van der Waals surface area contributed by atoms with E-state index in [4.69, 9.17) is 11.6 Å². The molecule has 5 heteroatoms. The minimum atomic E-state index is -0.120. The molecule has 2 aromatic rings. The Morgan fingerprint density at radius 1 is 1.07 bits per heavy atom. The number of hydrogen-bond acceptors (Lipinski definition) is 2. The Bertz CT molecular complexity index is 765. The third-order valence-corrected chi connectivity index (χ3v) is 5.70. The van der Waals surface area contributed by atoms with Crippen molar-refractivity contribution in [1.29, 1.82) is 0 Å². The molecule has 0 spiro atoms. The maximum absolute atomic E-state index is 12.3. The number of anilines is 1. The van der Waals surface area contributed by atoms with E-state index in [0.717, 1.165) is 60.9 Å². The Morgan fingerprint density at radius 2 is 1.74 bits per heavy atom. The van der Waals surface area contributed by atoms with E-state index in [1.165, 1.54) is 5.56 Å². The molecule has 2 amide bonds. The number of carbonyl (C=O) groups is 1. The molecule has 1 fully saturated rings. The Kier molecular flexibility index (Phi) is 6.75. The van der Waals surface area contributed by atoms with E-state index in [2.05, 4.69) is 21.6 Å². The van der Waals surface area contributed by atoms with Crippen LogP contribution in [0.4, 0.5) is 10.5 Å². The number of rotatable bonds is 5. The molecule has 1 heterocycles. The van der Waals surface area contributed by atoms with Crippen molar-refractivity contribution in [2.75, 3.05) is 25.0 Å². The van der Waals surface area contributed by atoms with E-state index in [9.17, 15) is 4.79 Å². The summed E-state index contributed by atoms with van der Waals surface area (Å²) in [6, 6.07) is 13.9. The van der Waals surface area contributed by atoms with Gasteiger partial charge in [-0.15, -0.1) is 0 Å². The van der Waals surface area contributed by atoms with Gasteiger partial charge in [0.1, 0.15) is 0 Å². The number of urea groups is 1. The minimum Gasteiger partial charge on any atom is -0.338 e. The van der Waals surface area contributed by atoms with Crippen LogP contribution in [-0.4, -0.2) is 30.6 Å². The summed E-state index contributed by atoms with van der Waals surface area (Å²) in [7, 11) is 0. The summed E-state index contributed by atoms with van der Waals surface area (Å²) >= 11 is 6.26. The van der Waals surface area contributed by atoms with E-state index in [1.807, 2.05) is 50.2 Å². The van der Waals surface area contributed by atoms with E-state index in [-0.39, 0.29) is 6.03 Å². The maximum atomic E-state index is 12.3. The second kappa shape index (κ2) is 9.25. The Hall–Kier alpha value is -2.04. The Balaban J connectivity index is 1.42. The number of aryl methyl sites for hydroxylation is 2. The van der Waals surface area contributed by atoms with Crippen molar-refractivity contribution in [2.45, 2.75) is 33.2 Å². The van der Waals surface area contributed by atoms with E-state index < -0.39 is 0 Å². The summed E-state index contributed by atoms with van der Waals surface area (Å²) in [5.41, 5.74) is 4.25. The minimum absolute atomic E-state index is 0.120. The molecule has 1 aliphatic rings. The molecule has 4 nitrogen and oxygen atoms in total. The highest BCUT2D eigenvalue weighted by atomic mass is 35.5. The van der Waals surface area contributed by atoms with Crippen LogP contribution in [0.1, 0.15) is 29.5 Å². The third-order valence-electron chi connectivity index (χ3n) is 5.33. The molecule has 0 bridgehead atoms. The number of nitrogens with zero attached hydrogens (tertiary/aromatic N) is 1. The van der Waals surface area contributed by atoms with Crippen molar-refractivity contribution in [3.8, 4) is 0 Å². The second-order valence-electron chi connectivity index (χ2n) is 7.41. The predicted molar refractivity (Wildman–Crippen MR) is 112 cm³/mol. The normalized spacial score (nSPS) is 15.5. The van der Waals surface area contributed by atoms with Crippen LogP contribution in [0.5, 0.6) is 0 Å². The monoisotopic (exact) mass is 385 g/mol. The number of likely N-dealkylation sites (tertiary alicyclic amines) is 1. The van der Waals surface area contributed by atoms with Crippen molar-refractivity contribution in [3.63, 3.8) is 0 Å². The average Bonchev–Trinajstić information content (AvgIpc) is 2.66. The first kappa shape index (κ1) is 19.7. The largest absolute Gasteiger partial charge is 0.338 e. The zero-order valence-corrected chi connectivity index (χ0v) is 16.9. The van der Waals surface area contributed by atoms with Crippen LogP contribution in [0.2, 0.25) is 5.02 Å². The molecule has 2 aromatic carbocycles. The highest BCUT2D eigenvalue weighted by Gasteiger charge is 2.20. The van der Waals surface area contributed by atoms with Crippen molar-refractivity contribution >= 4 is 23.3 Å². The van der Waals surface area contributed by atoms with Crippen LogP contribution < -0.4 is 10.6 Å². The van der Waals surface area contributed by atoms with E-state index in [0.29, 0.717) is 5.92 Å². The van der Waals surface area contributed by atoms with Gasteiger partial charge in [0, 0.05) is 23.8 Å². The second-order valence-corrected chi connectivity index (χ2v) is 7.82. The summed E-state index contributed by atoms with van der Waals surface area (Å²) in [4.78, 5) is 14.7. The molecular weight excluding hydrogens is 358 g/mol. The number of piperidine rings is 1. The van der Waals surface area contributed by atoms with Gasteiger partial charge in [-0.1, -0.05) is 48.0 Å². The Labute approximate surface area is 166 Å². The fourth-order valence-corrected chi connectivity index (χ4v) is 3.82. The topological polar surface area (TPSA) is 44.4 Å². The molecule has 27 heavy (non-hydrogen) atoms. The number of benzene rings is 2. The Morgan fingerprint density at radius 3 is 2.41 bits per heavy atom. The highest BCUT2D eigenvalue weighted by Crippen LogP contribution is 2.22. The van der Waals surface area contributed by atoms with Gasteiger partial charge >= 0.3 is 6.03 Å². The van der Waals surface area contributed by atoms with Crippen LogP contribution in [0.15, 0.2) is 42.5 Å². The lowest BCUT2D eigenvalue weighted by molar-refractivity contribution is 0.176. The lowest BCUT2D eigenvalue weighted by Crippen LogP contribution is -2.39. The zero-order valence-electron chi connectivity index (χ0n) is 16.1. The molecule has 0 radical (unpaired) electrons. The van der Waals surface area contributed by atoms with Gasteiger partial charge in [0.05, 0.1) is 0 Å². The average molecular weight is 386 g/mol. The van der Waals surface area contributed by atoms with Crippen LogP contribution in [-0.2, 0) is 6.54 Å². The van der Waals surface area contributed by atoms with Gasteiger partial charge in [0.15, 0.2) is 0 Å². The van der Waals surface area contributed by atoms with Crippen LogP contribution >= 0.6 is 11.6 Å². The van der Waals surface area contributed by atoms with Gasteiger partial charge in [-0.2, -0.15) is 0 Å². The molecule has 0 unspecified atom stereocenters. The summed E-state index contributed by atoms with van der Waals surface area (Å²) in [5, 5.41) is 6.87. The summed E-state index contributed by atoms with van der Waals surface area (Å²) in [6.45, 7) is 7.71. The van der Waals surface area contributed by atoms with Gasteiger partial charge in [0.2, 0.25) is 0 Å². The van der Waals surface area contributed by atoms with E-state index >= 15 is 0 Å². The third kappa shape index (κ3) is 5.47. The number of hydrogen-bond donors (Lipinski definition) is 2. The van der Waals surface area contributed by atoms with Gasteiger partial charge < -0.3 is 10.6 Å².